The average molecular weight is 586 g/mol. The van der Waals surface area contributed by atoms with Gasteiger partial charge in [-0.1, -0.05) is 23.7 Å². The van der Waals surface area contributed by atoms with Gasteiger partial charge in [0, 0.05) is 30.2 Å². The molecule has 2 aromatic carbocycles. The number of alkyl carbamates (subject to hydrolysis) is 1. The number of benzene rings is 2. The number of ether oxygens (including phenoxy) is 3. The molecular formula is C32H44ClN3O5. The number of fused-ring (bicyclic) bond motifs is 1. The van der Waals surface area contributed by atoms with Crippen LogP contribution in [-0.2, 0) is 16.0 Å². The summed E-state index contributed by atoms with van der Waals surface area (Å²) in [5.41, 5.74) is 2.54. The number of nitrogens with one attached hydrogen (secondary N) is 2. The fourth-order valence-corrected chi connectivity index (χ4v) is 5.92. The maximum absolute atomic E-state index is 13.8. The van der Waals surface area contributed by atoms with Gasteiger partial charge in [-0.3, -0.25) is 4.79 Å². The lowest BCUT2D eigenvalue weighted by molar-refractivity contribution is -0.136. The van der Waals surface area contributed by atoms with Crippen LogP contribution in [0.1, 0.15) is 83.0 Å². The van der Waals surface area contributed by atoms with E-state index in [4.69, 9.17) is 25.8 Å². The first kappa shape index (κ1) is 31.0. The molecule has 1 aliphatic carbocycles. The standard InChI is InChI=1S/C32H44ClN3O5/c1-20(2)40-28-19-26-22(17-27(28)39-6)18-29(37)36(30(26)21-7-9-23(33)10-8-21)25-13-11-24(12-14-25)34-15-16-35-31(38)41-32(3,4)5/h7-10,17,19-20,24-25,30,34H,11-16,18H2,1-6H3,(H,35,38)/t24-,25-,30?. The lowest BCUT2D eigenvalue weighted by Gasteiger charge is -2.45. The van der Waals surface area contributed by atoms with Gasteiger partial charge in [0.25, 0.3) is 0 Å². The van der Waals surface area contributed by atoms with E-state index in [1.807, 2.05) is 65.0 Å². The monoisotopic (exact) mass is 585 g/mol. The Hall–Kier alpha value is -2.97. The van der Waals surface area contributed by atoms with Gasteiger partial charge in [-0.15, -0.1) is 0 Å². The third-order valence-electron chi connectivity index (χ3n) is 7.49. The topological polar surface area (TPSA) is 89.1 Å². The maximum atomic E-state index is 13.8. The van der Waals surface area contributed by atoms with Crippen LogP contribution in [0.4, 0.5) is 4.79 Å². The lowest BCUT2D eigenvalue weighted by atomic mass is 9.82. The normalized spacial score (nSPS) is 20.9. The summed E-state index contributed by atoms with van der Waals surface area (Å²) in [6.07, 6.45) is 3.60. The summed E-state index contributed by atoms with van der Waals surface area (Å²) in [5.74, 6) is 1.44. The largest absolute Gasteiger partial charge is 0.493 e. The second-order valence-electron chi connectivity index (χ2n) is 12.2. The van der Waals surface area contributed by atoms with Crippen molar-refractivity contribution in [2.45, 2.75) is 96.6 Å². The van der Waals surface area contributed by atoms with Crippen LogP contribution >= 0.6 is 11.6 Å². The van der Waals surface area contributed by atoms with Crippen molar-refractivity contribution in [2.75, 3.05) is 20.2 Å². The molecule has 1 fully saturated rings. The molecule has 0 bridgehead atoms. The number of hydrogen-bond acceptors (Lipinski definition) is 6. The molecule has 4 rings (SSSR count). The maximum Gasteiger partial charge on any atom is 0.407 e. The number of nitrogens with zero attached hydrogens (tertiary/aromatic N) is 1. The molecule has 0 radical (unpaired) electrons. The van der Waals surface area contributed by atoms with E-state index < -0.39 is 11.7 Å². The summed E-state index contributed by atoms with van der Waals surface area (Å²) in [4.78, 5) is 27.8. The Bertz CT molecular complexity index is 1200. The molecule has 8 nitrogen and oxygen atoms in total. The first-order valence-electron chi connectivity index (χ1n) is 14.6. The van der Waals surface area contributed by atoms with E-state index in [1.54, 1.807) is 7.11 Å². The molecule has 2 amide bonds. The van der Waals surface area contributed by atoms with Crippen LogP contribution in [0.25, 0.3) is 0 Å². The van der Waals surface area contributed by atoms with Crippen LogP contribution in [0, 0.1) is 0 Å². The molecule has 0 saturated heterocycles. The highest BCUT2D eigenvalue weighted by molar-refractivity contribution is 6.30. The van der Waals surface area contributed by atoms with Crippen LogP contribution in [-0.4, -0.2) is 60.9 Å². The summed E-state index contributed by atoms with van der Waals surface area (Å²) in [6.45, 7) is 10.7. The molecule has 1 aliphatic heterocycles. The van der Waals surface area contributed by atoms with Crippen molar-refractivity contribution in [1.29, 1.82) is 0 Å². The second-order valence-corrected chi connectivity index (χ2v) is 12.6. The summed E-state index contributed by atoms with van der Waals surface area (Å²) >= 11 is 6.25. The molecular weight excluding hydrogens is 542 g/mol. The number of halogens is 1. The van der Waals surface area contributed by atoms with E-state index in [-0.39, 0.29) is 24.1 Å². The first-order valence-corrected chi connectivity index (χ1v) is 15.0. The van der Waals surface area contributed by atoms with Gasteiger partial charge >= 0.3 is 6.09 Å². The van der Waals surface area contributed by atoms with Crippen molar-refractivity contribution >= 4 is 23.6 Å². The Labute approximate surface area is 249 Å². The number of hydrogen-bond donors (Lipinski definition) is 2. The molecule has 224 valence electrons. The molecule has 1 heterocycles. The average Bonchev–Trinajstić information content (AvgIpc) is 2.90. The zero-order chi connectivity index (χ0) is 29.7. The number of amides is 2. The van der Waals surface area contributed by atoms with Crippen molar-refractivity contribution in [3.05, 3.63) is 58.1 Å². The van der Waals surface area contributed by atoms with E-state index >= 15 is 0 Å². The van der Waals surface area contributed by atoms with E-state index in [9.17, 15) is 9.59 Å². The number of carbonyl (C=O) groups is 2. The van der Waals surface area contributed by atoms with Gasteiger partial charge < -0.3 is 29.7 Å². The zero-order valence-electron chi connectivity index (χ0n) is 25.1. The predicted molar refractivity (Wildman–Crippen MR) is 161 cm³/mol. The predicted octanol–water partition coefficient (Wildman–Crippen LogP) is 6.04. The molecule has 0 spiro atoms. The Kier molecular flexibility index (Phi) is 10.1. The fraction of sp³-hybridized carbons (Fsp3) is 0.562. The fourth-order valence-electron chi connectivity index (χ4n) is 5.79. The summed E-state index contributed by atoms with van der Waals surface area (Å²) in [5, 5.41) is 7.02. The van der Waals surface area contributed by atoms with Crippen LogP contribution in [0.5, 0.6) is 11.5 Å². The Morgan fingerprint density at radius 2 is 1.73 bits per heavy atom. The SMILES string of the molecule is COc1cc2c(cc1OC(C)C)C(c1ccc(Cl)cc1)N([C@H]1CC[C@H](NCCNC(=O)OC(C)(C)C)CC1)C(=O)C2. The van der Waals surface area contributed by atoms with Gasteiger partial charge in [-0.05, 0) is 101 Å². The highest BCUT2D eigenvalue weighted by Crippen LogP contribution is 2.44. The molecule has 9 heteroatoms. The number of rotatable bonds is 9. The third kappa shape index (κ3) is 8.07. The van der Waals surface area contributed by atoms with Gasteiger partial charge in [-0.25, -0.2) is 4.79 Å². The lowest BCUT2D eigenvalue weighted by Crippen LogP contribution is -2.50. The molecule has 2 N–H and O–H groups in total. The van der Waals surface area contributed by atoms with E-state index in [0.717, 1.165) is 42.4 Å². The van der Waals surface area contributed by atoms with Crippen molar-refractivity contribution in [2.24, 2.45) is 0 Å². The van der Waals surface area contributed by atoms with Crippen molar-refractivity contribution in [1.82, 2.24) is 15.5 Å². The van der Waals surface area contributed by atoms with E-state index in [0.29, 0.717) is 42.1 Å². The minimum Gasteiger partial charge on any atom is -0.493 e. The molecule has 1 unspecified atom stereocenters. The molecule has 2 aromatic rings. The Morgan fingerprint density at radius 3 is 2.34 bits per heavy atom. The molecule has 0 aromatic heterocycles. The molecule has 2 aliphatic rings. The highest BCUT2D eigenvalue weighted by atomic mass is 35.5. The van der Waals surface area contributed by atoms with Crippen LogP contribution in [0.2, 0.25) is 5.02 Å². The van der Waals surface area contributed by atoms with Crippen LogP contribution < -0.4 is 20.1 Å². The number of methoxy groups -OCH3 is 1. The van der Waals surface area contributed by atoms with Crippen molar-refractivity contribution in [3.8, 4) is 11.5 Å². The Morgan fingerprint density at radius 1 is 1.05 bits per heavy atom. The van der Waals surface area contributed by atoms with E-state index in [2.05, 4.69) is 21.6 Å². The quantitative estimate of drug-likeness (QED) is 0.349. The summed E-state index contributed by atoms with van der Waals surface area (Å²) in [6, 6.07) is 12.0. The van der Waals surface area contributed by atoms with Crippen LogP contribution in [0.15, 0.2) is 36.4 Å². The van der Waals surface area contributed by atoms with Crippen molar-refractivity contribution in [3.63, 3.8) is 0 Å². The highest BCUT2D eigenvalue weighted by Gasteiger charge is 2.40. The van der Waals surface area contributed by atoms with E-state index in [1.165, 1.54) is 0 Å². The van der Waals surface area contributed by atoms with Crippen molar-refractivity contribution < 1.29 is 23.8 Å². The minimum atomic E-state index is -0.513. The molecule has 1 atom stereocenters. The second kappa shape index (κ2) is 13.3. The molecule has 41 heavy (non-hydrogen) atoms. The van der Waals surface area contributed by atoms with Gasteiger partial charge in [0.15, 0.2) is 11.5 Å². The van der Waals surface area contributed by atoms with Crippen LogP contribution in [0.3, 0.4) is 0 Å². The van der Waals surface area contributed by atoms with Gasteiger partial charge in [0.05, 0.1) is 25.7 Å². The van der Waals surface area contributed by atoms with Gasteiger partial charge in [0.1, 0.15) is 5.60 Å². The zero-order valence-corrected chi connectivity index (χ0v) is 25.8. The Balaban J connectivity index is 1.49. The number of carbonyl (C=O) groups excluding carboxylic acids is 2. The minimum absolute atomic E-state index is 0.0145. The molecule has 1 saturated carbocycles. The summed E-state index contributed by atoms with van der Waals surface area (Å²) < 4.78 is 17.1. The first-order chi connectivity index (χ1) is 19.4. The van der Waals surface area contributed by atoms with Gasteiger partial charge in [0.2, 0.25) is 5.91 Å². The van der Waals surface area contributed by atoms with Gasteiger partial charge in [-0.2, -0.15) is 0 Å². The smallest absolute Gasteiger partial charge is 0.407 e. The third-order valence-corrected chi connectivity index (χ3v) is 7.74. The summed E-state index contributed by atoms with van der Waals surface area (Å²) in [7, 11) is 1.63.